The Labute approximate surface area is 98.7 Å². The third-order valence-electron chi connectivity index (χ3n) is 3.68. The van der Waals surface area contributed by atoms with Crippen molar-refractivity contribution in [3.05, 3.63) is 0 Å². The second-order valence-corrected chi connectivity index (χ2v) is 4.90. The van der Waals surface area contributed by atoms with Crippen molar-refractivity contribution < 1.29 is 0 Å². The summed E-state index contributed by atoms with van der Waals surface area (Å²) in [5.74, 6) is 0. The van der Waals surface area contributed by atoms with Crippen LogP contribution in [0, 0.1) is 0 Å². The fourth-order valence-electron chi connectivity index (χ4n) is 2.43. The minimum atomic E-state index is 0.674. The Morgan fingerprint density at radius 1 is 0.875 bits per heavy atom. The number of likely N-dealkylation sites (N-methyl/N-ethyl adjacent to an activating group) is 1. The van der Waals surface area contributed by atoms with Crippen LogP contribution in [0.2, 0.25) is 0 Å². The fourth-order valence-corrected chi connectivity index (χ4v) is 2.43. The summed E-state index contributed by atoms with van der Waals surface area (Å²) < 4.78 is 0. The first-order chi connectivity index (χ1) is 7.78. The normalized spacial score (nSPS) is 27.4. The van der Waals surface area contributed by atoms with Crippen LogP contribution in [0.25, 0.3) is 0 Å². The highest BCUT2D eigenvalue weighted by Crippen LogP contribution is 2.09. The summed E-state index contributed by atoms with van der Waals surface area (Å²) in [6.07, 6.45) is 2.49. The number of nitrogens with zero attached hydrogens (tertiary/aromatic N) is 3. The summed E-state index contributed by atoms with van der Waals surface area (Å²) in [6.45, 7) is 6.99. The molecule has 5 nitrogen and oxygen atoms in total. The van der Waals surface area contributed by atoms with Gasteiger partial charge < -0.3 is 4.90 Å². The second kappa shape index (κ2) is 5.93. The van der Waals surface area contributed by atoms with E-state index in [2.05, 4.69) is 32.8 Å². The summed E-state index contributed by atoms with van der Waals surface area (Å²) in [4.78, 5) is 2.39. The monoisotopic (exact) mass is 227 g/mol. The Kier molecular flexibility index (Phi) is 4.55. The molecule has 2 heterocycles. The molecule has 2 fully saturated rings. The van der Waals surface area contributed by atoms with Gasteiger partial charge in [-0.25, -0.2) is 10.0 Å². The highest BCUT2D eigenvalue weighted by molar-refractivity contribution is 4.76. The molecule has 16 heavy (non-hydrogen) atoms. The lowest BCUT2D eigenvalue weighted by Gasteiger charge is -2.38. The molecule has 2 rings (SSSR count). The number of hydrazine groups is 2. The maximum Gasteiger partial charge on any atom is 0.0259 e. The van der Waals surface area contributed by atoms with Crippen LogP contribution in [0.1, 0.15) is 12.8 Å². The van der Waals surface area contributed by atoms with E-state index in [0.29, 0.717) is 6.04 Å². The second-order valence-electron chi connectivity index (χ2n) is 4.90. The molecular formula is C11H25N5. The van der Waals surface area contributed by atoms with Gasteiger partial charge in [-0.1, -0.05) is 0 Å². The van der Waals surface area contributed by atoms with Gasteiger partial charge in [0, 0.05) is 45.3 Å². The van der Waals surface area contributed by atoms with Crippen LogP contribution >= 0.6 is 0 Å². The van der Waals surface area contributed by atoms with Gasteiger partial charge >= 0.3 is 0 Å². The highest BCUT2D eigenvalue weighted by atomic mass is 15.5. The van der Waals surface area contributed by atoms with Crippen molar-refractivity contribution >= 4 is 0 Å². The molecule has 0 radical (unpaired) electrons. The number of nitrogens with one attached hydrogen (secondary N) is 2. The minimum absolute atomic E-state index is 0.674. The first-order valence-electron chi connectivity index (χ1n) is 6.40. The van der Waals surface area contributed by atoms with Gasteiger partial charge in [-0.05, 0) is 26.9 Å². The van der Waals surface area contributed by atoms with Crippen LogP contribution in [0.3, 0.4) is 0 Å². The maximum atomic E-state index is 3.68. The number of piperidine rings is 1. The van der Waals surface area contributed by atoms with E-state index in [0.717, 1.165) is 26.2 Å². The summed E-state index contributed by atoms with van der Waals surface area (Å²) in [6, 6.07) is 0.674. The van der Waals surface area contributed by atoms with Gasteiger partial charge in [0.2, 0.25) is 0 Å². The van der Waals surface area contributed by atoms with E-state index in [1.54, 1.807) is 0 Å². The standard InChI is InChI=1S/C11H25N5/c1-12-15-5-3-11(4-6-15)13-16-9-7-14(2)8-10-16/h11-13H,3-10H2,1-2H3. The summed E-state index contributed by atoms with van der Waals surface area (Å²) in [5, 5.41) is 4.70. The van der Waals surface area contributed by atoms with E-state index in [9.17, 15) is 0 Å². The Morgan fingerprint density at radius 2 is 1.50 bits per heavy atom. The Balaban J connectivity index is 1.66. The summed E-state index contributed by atoms with van der Waals surface area (Å²) in [5.41, 5.74) is 6.89. The van der Waals surface area contributed by atoms with Gasteiger partial charge in [0.1, 0.15) is 0 Å². The van der Waals surface area contributed by atoms with Crippen LogP contribution in [0.5, 0.6) is 0 Å². The third-order valence-corrected chi connectivity index (χ3v) is 3.68. The van der Waals surface area contributed by atoms with Gasteiger partial charge in [0.25, 0.3) is 0 Å². The van der Waals surface area contributed by atoms with Crippen molar-refractivity contribution in [2.24, 2.45) is 0 Å². The van der Waals surface area contributed by atoms with Gasteiger partial charge in [0.05, 0.1) is 0 Å². The van der Waals surface area contributed by atoms with Crippen molar-refractivity contribution in [1.82, 2.24) is 25.8 Å². The van der Waals surface area contributed by atoms with Crippen LogP contribution in [0.15, 0.2) is 0 Å². The molecule has 0 spiro atoms. The Bertz CT molecular complexity index is 195. The topological polar surface area (TPSA) is 33.8 Å². The van der Waals surface area contributed by atoms with Crippen LogP contribution in [-0.2, 0) is 0 Å². The molecule has 0 aliphatic carbocycles. The zero-order chi connectivity index (χ0) is 11.4. The van der Waals surface area contributed by atoms with Crippen LogP contribution in [0.4, 0.5) is 0 Å². The summed E-state index contributed by atoms with van der Waals surface area (Å²) >= 11 is 0. The van der Waals surface area contributed by atoms with E-state index in [1.807, 2.05) is 7.05 Å². The van der Waals surface area contributed by atoms with Gasteiger partial charge in [0.15, 0.2) is 0 Å². The van der Waals surface area contributed by atoms with Crippen LogP contribution < -0.4 is 10.9 Å². The maximum absolute atomic E-state index is 3.68. The largest absolute Gasteiger partial charge is 0.304 e. The molecule has 0 atom stereocenters. The Hall–Kier alpha value is -0.200. The zero-order valence-corrected chi connectivity index (χ0v) is 10.6. The van der Waals surface area contributed by atoms with E-state index in [1.165, 1.54) is 25.9 Å². The average molecular weight is 227 g/mol. The highest BCUT2D eigenvalue weighted by Gasteiger charge is 2.21. The number of hydrogen-bond acceptors (Lipinski definition) is 5. The van der Waals surface area contributed by atoms with Gasteiger partial charge in [-0.15, -0.1) is 0 Å². The van der Waals surface area contributed by atoms with Crippen molar-refractivity contribution in [2.45, 2.75) is 18.9 Å². The smallest absolute Gasteiger partial charge is 0.0259 e. The fraction of sp³-hybridized carbons (Fsp3) is 1.00. The number of piperazine rings is 1. The third kappa shape index (κ3) is 3.40. The number of hydrogen-bond donors (Lipinski definition) is 2. The summed E-state index contributed by atoms with van der Waals surface area (Å²) in [7, 11) is 4.21. The molecule has 5 heteroatoms. The lowest BCUT2D eigenvalue weighted by Crippen LogP contribution is -2.56. The SMILES string of the molecule is CNN1CCC(NN2CCN(C)CC2)CC1. The molecule has 0 bridgehead atoms. The predicted octanol–water partition coefficient (Wildman–Crippen LogP) is -0.663. The Morgan fingerprint density at radius 3 is 2.06 bits per heavy atom. The van der Waals surface area contributed by atoms with Gasteiger partial charge in [-0.2, -0.15) is 0 Å². The quantitative estimate of drug-likeness (QED) is 0.669. The van der Waals surface area contributed by atoms with Crippen molar-refractivity contribution in [3.63, 3.8) is 0 Å². The first-order valence-corrected chi connectivity index (χ1v) is 6.40. The lowest BCUT2D eigenvalue weighted by molar-refractivity contribution is 0.0590. The van der Waals surface area contributed by atoms with Gasteiger partial charge in [-0.3, -0.25) is 10.9 Å². The molecule has 0 aromatic carbocycles. The van der Waals surface area contributed by atoms with Crippen molar-refractivity contribution in [3.8, 4) is 0 Å². The molecule has 0 aromatic heterocycles. The zero-order valence-electron chi connectivity index (χ0n) is 10.6. The van der Waals surface area contributed by atoms with Crippen LogP contribution in [-0.4, -0.2) is 74.3 Å². The average Bonchev–Trinajstić information content (AvgIpc) is 2.33. The van der Waals surface area contributed by atoms with E-state index >= 15 is 0 Å². The lowest BCUT2D eigenvalue weighted by atomic mass is 10.1. The van der Waals surface area contributed by atoms with E-state index < -0.39 is 0 Å². The first kappa shape index (κ1) is 12.3. The number of rotatable bonds is 3. The molecule has 2 saturated heterocycles. The minimum Gasteiger partial charge on any atom is -0.304 e. The molecular weight excluding hydrogens is 202 g/mol. The molecule has 2 N–H and O–H groups in total. The molecule has 0 saturated carbocycles. The predicted molar refractivity (Wildman–Crippen MR) is 65.9 cm³/mol. The molecule has 94 valence electrons. The molecule has 0 aromatic rings. The molecule has 0 amide bonds. The molecule has 2 aliphatic rings. The molecule has 2 aliphatic heterocycles. The molecule has 0 unspecified atom stereocenters. The van der Waals surface area contributed by atoms with Crippen molar-refractivity contribution in [2.75, 3.05) is 53.4 Å². The van der Waals surface area contributed by atoms with Crippen molar-refractivity contribution in [1.29, 1.82) is 0 Å². The van der Waals surface area contributed by atoms with E-state index in [-0.39, 0.29) is 0 Å². The van der Waals surface area contributed by atoms with E-state index in [4.69, 9.17) is 0 Å².